The quantitative estimate of drug-likeness (QED) is 0.121. The fourth-order valence-corrected chi connectivity index (χ4v) is 4.40. The molecule has 3 aromatic carbocycles. The van der Waals surface area contributed by atoms with E-state index in [2.05, 4.69) is 76.6 Å². The molecule has 0 fully saturated rings. The van der Waals surface area contributed by atoms with E-state index in [4.69, 9.17) is 16.6 Å². The molecule has 38 heavy (non-hydrogen) atoms. The van der Waals surface area contributed by atoms with Crippen molar-refractivity contribution in [3.63, 3.8) is 0 Å². The normalized spacial score (nSPS) is 10.5. The van der Waals surface area contributed by atoms with Crippen molar-refractivity contribution in [3.8, 4) is 28.8 Å². The summed E-state index contributed by atoms with van der Waals surface area (Å²) in [4.78, 5) is 16.5. The van der Waals surface area contributed by atoms with Gasteiger partial charge in [-0.3, -0.25) is 4.79 Å². The second kappa shape index (κ2) is 13.2. The molecule has 0 radical (unpaired) electrons. The molecule has 1 amide bonds. The van der Waals surface area contributed by atoms with Gasteiger partial charge in [0.25, 0.3) is 0 Å². The third-order valence-electron chi connectivity index (χ3n) is 6.17. The zero-order chi connectivity index (χ0) is 26.9. The predicted molar refractivity (Wildman–Crippen MR) is 160 cm³/mol. The molecule has 1 aromatic heterocycles. The van der Waals surface area contributed by atoms with Crippen LogP contribution in [0.2, 0.25) is 5.02 Å². The highest BCUT2D eigenvalue weighted by Crippen LogP contribution is 2.28. The standard InChI is InChI=1S/C31H31ClN4OS/c1-3-4-5-6-7-23-8-10-24(11-9-23)19-30-34-29(28-17-12-25(32)18-22(28)2)21-36(30)27-15-13-26(14-16-27)33-20-31(37)35-38/h8-18,21,33,38H,3-5,19-20H2,1-2H3,(H,35,37). The van der Waals surface area contributed by atoms with E-state index < -0.39 is 0 Å². The first-order valence-corrected chi connectivity index (χ1v) is 13.5. The van der Waals surface area contributed by atoms with E-state index in [9.17, 15) is 4.79 Å². The molecule has 0 saturated heterocycles. The SMILES string of the molecule is CCCCC#Cc1ccc(Cc2nc(-c3ccc(Cl)cc3C)cn2-c2ccc(NCC(=O)NS)cc2)cc1. The van der Waals surface area contributed by atoms with Gasteiger partial charge in [0.1, 0.15) is 5.82 Å². The van der Waals surface area contributed by atoms with E-state index in [1.165, 1.54) is 0 Å². The summed E-state index contributed by atoms with van der Waals surface area (Å²) in [6.45, 7) is 4.37. The largest absolute Gasteiger partial charge is 0.376 e. The number of carbonyl (C=O) groups excluding carboxylic acids is 1. The summed E-state index contributed by atoms with van der Waals surface area (Å²) in [5.74, 6) is 7.23. The number of aromatic nitrogens is 2. The number of nitrogens with one attached hydrogen (secondary N) is 2. The lowest BCUT2D eigenvalue weighted by Crippen LogP contribution is -2.22. The molecular formula is C31H31ClN4OS. The number of benzene rings is 3. The summed E-state index contributed by atoms with van der Waals surface area (Å²) >= 11 is 9.99. The van der Waals surface area contributed by atoms with Gasteiger partial charge in [-0.2, -0.15) is 0 Å². The first-order valence-electron chi connectivity index (χ1n) is 12.7. The van der Waals surface area contributed by atoms with Crippen LogP contribution in [0.25, 0.3) is 16.9 Å². The van der Waals surface area contributed by atoms with Crippen LogP contribution in [0.4, 0.5) is 5.69 Å². The maximum atomic E-state index is 11.5. The zero-order valence-corrected chi connectivity index (χ0v) is 23.2. The van der Waals surface area contributed by atoms with Crippen LogP contribution >= 0.6 is 24.4 Å². The van der Waals surface area contributed by atoms with Gasteiger partial charge in [0.15, 0.2) is 0 Å². The van der Waals surface area contributed by atoms with E-state index in [0.29, 0.717) is 11.4 Å². The van der Waals surface area contributed by atoms with Crippen LogP contribution in [0.3, 0.4) is 0 Å². The van der Waals surface area contributed by atoms with Crippen LogP contribution in [-0.4, -0.2) is 22.0 Å². The maximum absolute atomic E-state index is 11.5. The predicted octanol–water partition coefficient (Wildman–Crippen LogP) is 7.01. The maximum Gasteiger partial charge on any atom is 0.248 e. The monoisotopic (exact) mass is 542 g/mol. The smallest absolute Gasteiger partial charge is 0.248 e. The van der Waals surface area contributed by atoms with Crippen LogP contribution in [0.15, 0.2) is 72.9 Å². The average molecular weight is 543 g/mol. The van der Waals surface area contributed by atoms with Crippen molar-refractivity contribution in [2.75, 3.05) is 11.9 Å². The molecule has 4 rings (SSSR count). The topological polar surface area (TPSA) is 59.0 Å². The lowest BCUT2D eigenvalue weighted by molar-refractivity contribution is -0.117. The summed E-state index contributed by atoms with van der Waals surface area (Å²) in [6, 6.07) is 22.2. The molecule has 5 nitrogen and oxygen atoms in total. The Labute approximate surface area is 235 Å². The van der Waals surface area contributed by atoms with E-state index in [1.807, 2.05) is 49.4 Å². The van der Waals surface area contributed by atoms with E-state index in [-0.39, 0.29) is 12.5 Å². The summed E-state index contributed by atoms with van der Waals surface area (Å²) in [6.07, 6.45) is 5.95. The Balaban J connectivity index is 1.63. The zero-order valence-electron chi connectivity index (χ0n) is 21.6. The molecule has 2 N–H and O–H groups in total. The molecule has 4 aromatic rings. The molecule has 1 heterocycles. The lowest BCUT2D eigenvalue weighted by Gasteiger charge is -2.10. The highest BCUT2D eigenvalue weighted by Gasteiger charge is 2.14. The molecule has 0 bridgehead atoms. The molecular weight excluding hydrogens is 512 g/mol. The Morgan fingerprint density at radius 1 is 1.08 bits per heavy atom. The van der Waals surface area contributed by atoms with Crippen molar-refractivity contribution in [2.45, 2.75) is 39.5 Å². The third kappa shape index (κ3) is 7.22. The molecule has 194 valence electrons. The van der Waals surface area contributed by atoms with Crippen molar-refractivity contribution in [1.82, 2.24) is 14.3 Å². The number of hydrogen-bond donors (Lipinski definition) is 3. The number of imidazole rings is 1. The first kappa shape index (κ1) is 27.4. The second-order valence-corrected chi connectivity index (χ2v) is 9.75. The van der Waals surface area contributed by atoms with E-state index in [1.54, 1.807) is 0 Å². The Hall–Kier alpha value is -3.66. The van der Waals surface area contributed by atoms with Gasteiger partial charge in [-0.05, 0) is 73.0 Å². The van der Waals surface area contributed by atoms with Crippen molar-refractivity contribution < 1.29 is 4.79 Å². The molecule has 0 unspecified atom stereocenters. The number of nitrogens with zero attached hydrogens (tertiary/aromatic N) is 2. The molecule has 0 saturated carbocycles. The van der Waals surface area contributed by atoms with E-state index in [0.717, 1.165) is 64.4 Å². The molecule has 0 atom stereocenters. The van der Waals surface area contributed by atoms with Crippen molar-refractivity contribution in [1.29, 1.82) is 0 Å². The minimum atomic E-state index is -0.199. The number of aryl methyl sites for hydroxylation is 1. The van der Waals surface area contributed by atoms with Gasteiger partial charge >= 0.3 is 0 Å². The second-order valence-electron chi connectivity index (χ2n) is 9.09. The summed E-state index contributed by atoms with van der Waals surface area (Å²) in [5.41, 5.74) is 7.02. The van der Waals surface area contributed by atoms with Crippen LogP contribution < -0.4 is 10.0 Å². The van der Waals surface area contributed by atoms with E-state index >= 15 is 0 Å². The minimum absolute atomic E-state index is 0.151. The van der Waals surface area contributed by atoms with Gasteiger partial charge in [-0.25, -0.2) is 4.98 Å². The number of halogens is 1. The van der Waals surface area contributed by atoms with Crippen LogP contribution in [0, 0.1) is 18.8 Å². The fraction of sp³-hybridized carbons (Fsp3) is 0.226. The lowest BCUT2D eigenvalue weighted by atomic mass is 10.1. The van der Waals surface area contributed by atoms with Crippen LogP contribution in [-0.2, 0) is 11.2 Å². The van der Waals surface area contributed by atoms with Crippen LogP contribution in [0.5, 0.6) is 0 Å². The average Bonchev–Trinajstić information content (AvgIpc) is 3.34. The molecule has 0 aliphatic rings. The Morgan fingerprint density at radius 3 is 2.53 bits per heavy atom. The minimum Gasteiger partial charge on any atom is -0.376 e. The van der Waals surface area contributed by atoms with Crippen molar-refractivity contribution in [2.24, 2.45) is 0 Å². The highest BCUT2D eigenvalue weighted by molar-refractivity contribution is 7.78. The number of amides is 1. The Morgan fingerprint density at radius 2 is 1.84 bits per heavy atom. The van der Waals surface area contributed by atoms with Gasteiger partial charge in [0, 0.05) is 46.6 Å². The van der Waals surface area contributed by atoms with Gasteiger partial charge in [-0.1, -0.05) is 67.8 Å². The molecule has 0 aliphatic carbocycles. The molecule has 0 spiro atoms. The van der Waals surface area contributed by atoms with Gasteiger partial charge in [-0.15, -0.1) is 0 Å². The number of thiol groups is 1. The van der Waals surface area contributed by atoms with Gasteiger partial charge < -0.3 is 14.6 Å². The molecule has 0 aliphatic heterocycles. The summed E-state index contributed by atoms with van der Waals surface area (Å²) in [7, 11) is 0. The van der Waals surface area contributed by atoms with Gasteiger partial charge in [0.2, 0.25) is 5.91 Å². The Bertz CT molecular complexity index is 1450. The van der Waals surface area contributed by atoms with Crippen molar-refractivity contribution >= 4 is 36.0 Å². The number of anilines is 1. The Kier molecular flexibility index (Phi) is 9.53. The number of hydrogen-bond acceptors (Lipinski definition) is 4. The number of unbranched alkanes of at least 4 members (excludes halogenated alkanes) is 2. The van der Waals surface area contributed by atoms with Gasteiger partial charge in [0.05, 0.1) is 12.2 Å². The number of rotatable bonds is 9. The summed E-state index contributed by atoms with van der Waals surface area (Å²) in [5, 5.41) is 3.80. The summed E-state index contributed by atoms with van der Waals surface area (Å²) < 4.78 is 4.43. The molecule has 7 heteroatoms. The van der Waals surface area contributed by atoms with Crippen molar-refractivity contribution in [3.05, 3.63) is 100 Å². The highest BCUT2D eigenvalue weighted by atomic mass is 35.5. The van der Waals surface area contributed by atoms with Crippen LogP contribution in [0.1, 0.15) is 48.7 Å². The number of carbonyl (C=O) groups is 1. The third-order valence-corrected chi connectivity index (χ3v) is 6.66. The first-order chi connectivity index (χ1) is 18.5. The fourth-order valence-electron chi connectivity index (χ4n) is 4.09.